The Hall–Kier alpha value is -2.93. The van der Waals surface area contributed by atoms with Crippen LogP contribution in [0.3, 0.4) is 0 Å². The smallest absolute Gasteiger partial charge is 0.161 e. The van der Waals surface area contributed by atoms with Gasteiger partial charge in [0.05, 0.1) is 29.0 Å². The van der Waals surface area contributed by atoms with Crippen LogP contribution in [-0.2, 0) is 0 Å². The second kappa shape index (κ2) is 4.63. The number of nitrogens with zero attached hydrogens (tertiary/aromatic N) is 3. The first-order valence-electron chi connectivity index (χ1n) is 6.19. The van der Waals surface area contributed by atoms with Crippen molar-refractivity contribution >= 4 is 16.7 Å². The van der Waals surface area contributed by atoms with Crippen LogP contribution in [0, 0.1) is 11.3 Å². The number of Topliss-reactive ketones (excluding diaryl/α,β-unsaturated/α-hetero) is 1. The zero-order valence-electron chi connectivity index (χ0n) is 10.9. The van der Waals surface area contributed by atoms with Gasteiger partial charge in [0.25, 0.3) is 0 Å². The van der Waals surface area contributed by atoms with Crippen LogP contribution >= 0.6 is 0 Å². The predicted molar refractivity (Wildman–Crippen MR) is 75.8 cm³/mol. The van der Waals surface area contributed by atoms with E-state index in [0.29, 0.717) is 16.8 Å². The Balaban J connectivity index is 2.33. The van der Waals surface area contributed by atoms with Crippen molar-refractivity contribution < 1.29 is 4.79 Å². The van der Waals surface area contributed by atoms with E-state index in [2.05, 4.69) is 11.2 Å². The summed E-state index contributed by atoms with van der Waals surface area (Å²) < 4.78 is 1.70. The molecule has 0 radical (unpaired) electrons. The van der Waals surface area contributed by atoms with E-state index in [-0.39, 0.29) is 5.78 Å². The third-order valence-corrected chi connectivity index (χ3v) is 3.21. The van der Waals surface area contributed by atoms with Crippen molar-refractivity contribution in [3.8, 4) is 11.8 Å². The van der Waals surface area contributed by atoms with E-state index in [9.17, 15) is 4.79 Å². The number of benzene rings is 2. The zero-order chi connectivity index (χ0) is 14.1. The van der Waals surface area contributed by atoms with E-state index >= 15 is 0 Å². The summed E-state index contributed by atoms with van der Waals surface area (Å²) in [4.78, 5) is 11.8. The fourth-order valence-electron chi connectivity index (χ4n) is 2.24. The molecule has 3 aromatic rings. The minimum atomic E-state index is -0.0518. The molecule has 1 aromatic heterocycles. The van der Waals surface area contributed by atoms with E-state index < -0.39 is 0 Å². The van der Waals surface area contributed by atoms with E-state index in [4.69, 9.17) is 5.26 Å². The van der Waals surface area contributed by atoms with Gasteiger partial charge in [0.1, 0.15) is 0 Å². The molecule has 0 fully saturated rings. The van der Waals surface area contributed by atoms with Crippen molar-refractivity contribution in [1.82, 2.24) is 9.78 Å². The molecule has 96 valence electrons. The second-order valence-corrected chi connectivity index (χ2v) is 4.52. The Morgan fingerprint density at radius 3 is 2.80 bits per heavy atom. The lowest BCUT2D eigenvalue weighted by atomic mass is 10.1. The van der Waals surface area contributed by atoms with Gasteiger partial charge in [-0.15, -0.1) is 0 Å². The minimum Gasteiger partial charge on any atom is -0.294 e. The van der Waals surface area contributed by atoms with Crippen molar-refractivity contribution in [2.45, 2.75) is 6.92 Å². The molecule has 0 saturated heterocycles. The molecule has 0 amide bonds. The molecule has 4 heteroatoms. The molecule has 0 aliphatic heterocycles. The molecule has 0 spiro atoms. The molecule has 0 atom stereocenters. The molecule has 0 bridgehead atoms. The van der Waals surface area contributed by atoms with Crippen LogP contribution in [0.15, 0.2) is 48.7 Å². The summed E-state index contributed by atoms with van der Waals surface area (Å²) in [6.07, 6.45) is 1.75. The molecule has 20 heavy (non-hydrogen) atoms. The molecular formula is C16H11N3O. The number of carbonyl (C=O) groups excluding carboxylic acids is 1. The van der Waals surface area contributed by atoms with E-state index in [1.165, 1.54) is 6.92 Å². The SMILES string of the molecule is CC(=O)c1ccc(C#N)cc1-n1ncc2ccccc21. The minimum absolute atomic E-state index is 0.0518. The van der Waals surface area contributed by atoms with E-state index in [0.717, 1.165) is 10.9 Å². The van der Waals surface area contributed by atoms with Gasteiger partial charge in [-0.3, -0.25) is 4.79 Å². The molecule has 0 unspecified atom stereocenters. The fourth-order valence-corrected chi connectivity index (χ4v) is 2.24. The maximum Gasteiger partial charge on any atom is 0.161 e. The van der Waals surface area contributed by atoms with Gasteiger partial charge in [0, 0.05) is 10.9 Å². The lowest BCUT2D eigenvalue weighted by Gasteiger charge is -2.09. The summed E-state index contributed by atoms with van der Waals surface area (Å²) in [6.45, 7) is 1.51. The Morgan fingerprint density at radius 1 is 1.25 bits per heavy atom. The number of para-hydroxylation sites is 1. The molecule has 0 aliphatic carbocycles. The molecule has 0 N–H and O–H groups in total. The average Bonchev–Trinajstić information content (AvgIpc) is 2.90. The molecular weight excluding hydrogens is 250 g/mol. The fraction of sp³-hybridized carbons (Fsp3) is 0.0625. The summed E-state index contributed by atoms with van der Waals surface area (Å²) >= 11 is 0. The topological polar surface area (TPSA) is 58.7 Å². The number of nitriles is 1. The number of fused-ring (bicyclic) bond motifs is 1. The van der Waals surface area contributed by atoms with Gasteiger partial charge in [0.15, 0.2) is 5.78 Å². The quantitative estimate of drug-likeness (QED) is 0.666. The molecule has 4 nitrogen and oxygen atoms in total. The highest BCUT2D eigenvalue weighted by Gasteiger charge is 2.13. The van der Waals surface area contributed by atoms with E-state index in [1.807, 2.05) is 24.3 Å². The van der Waals surface area contributed by atoms with Gasteiger partial charge in [-0.2, -0.15) is 10.4 Å². The Labute approximate surface area is 115 Å². The van der Waals surface area contributed by atoms with Gasteiger partial charge in [-0.05, 0) is 31.2 Å². The Morgan fingerprint density at radius 2 is 2.05 bits per heavy atom. The van der Waals surface area contributed by atoms with Crippen LogP contribution in [-0.4, -0.2) is 15.6 Å². The Kier molecular flexibility index (Phi) is 2.81. The van der Waals surface area contributed by atoms with Gasteiger partial charge in [-0.1, -0.05) is 18.2 Å². The molecule has 0 saturated carbocycles. The van der Waals surface area contributed by atoms with E-state index in [1.54, 1.807) is 29.1 Å². The molecule has 1 heterocycles. The molecule has 2 aromatic carbocycles. The number of carbonyl (C=O) groups is 1. The highest BCUT2D eigenvalue weighted by Crippen LogP contribution is 2.22. The molecule has 3 rings (SSSR count). The van der Waals surface area contributed by atoms with Gasteiger partial charge in [0.2, 0.25) is 0 Å². The normalized spacial score (nSPS) is 10.4. The molecule has 0 aliphatic rings. The first-order valence-corrected chi connectivity index (χ1v) is 6.19. The van der Waals surface area contributed by atoms with Crippen molar-refractivity contribution in [3.05, 3.63) is 59.8 Å². The highest BCUT2D eigenvalue weighted by molar-refractivity contribution is 5.98. The van der Waals surface area contributed by atoms with Gasteiger partial charge < -0.3 is 0 Å². The summed E-state index contributed by atoms with van der Waals surface area (Å²) in [7, 11) is 0. The van der Waals surface area contributed by atoms with Gasteiger partial charge in [-0.25, -0.2) is 4.68 Å². The van der Waals surface area contributed by atoms with Crippen LogP contribution in [0.25, 0.3) is 16.6 Å². The highest BCUT2D eigenvalue weighted by atomic mass is 16.1. The number of hydrogen-bond acceptors (Lipinski definition) is 3. The summed E-state index contributed by atoms with van der Waals surface area (Å²) in [5.74, 6) is -0.0518. The van der Waals surface area contributed by atoms with Crippen LogP contribution < -0.4 is 0 Å². The lowest BCUT2D eigenvalue weighted by molar-refractivity contribution is 0.101. The van der Waals surface area contributed by atoms with Crippen molar-refractivity contribution in [1.29, 1.82) is 5.26 Å². The summed E-state index contributed by atoms with van der Waals surface area (Å²) in [5, 5.41) is 14.4. The van der Waals surface area contributed by atoms with Crippen molar-refractivity contribution in [3.63, 3.8) is 0 Å². The average molecular weight is 261 g/mol. The first-order chi connectivity index (χ1) is 9.70. The van der Waals surface area contributed by atoms with Crippen molar-refractivity contribution in [2.75, 3.05) is 0 Å². The Bertz CT molecular complexity index is 856. The number of hydrogen-bond donors (Lipinski definition) is 0. The standard InChI is InChI=1S/C16H11N3O/c1-11(20)14-7-6-12(9-17)8-16(14)19-15-5-3-2-4-13(15)10-18-19/h2-8,10H,1H3. The first kappa shape index (κ1) is 12.1. The largest absolute Gasteiger partial charge is 0.294 e. The third kappa shape index (κ3) is 1.86. The van der Waals surface area contributed by atoms with Crippen LogP contribution in [0.2, 0.25) is 0 Å². The number of ketones is 1. The summed E-state index contributed by atoms with van der Waals surface area (Å²) in [6, 6.07) is 14.8. The van der Waals surface area contributed by atoms with Crippen LogP contribution in [0.1, 0.15) is 22.8 Å². The van der Waals surface area contributed by atoms with Crippen LogP contribution in [0.4, 0.5) is 0 Å². The van der Waals surface area contributed by atoms with Crippen LogP contribution in [0.5, 0.6) is 0 Å². The number of rotatable bonds is 2. The maximum absolute atomic E-state index is 11.8. The summed E-state index contributed by atoms with van der Waals surface area (Å²) in [5.41, 5.74) is 2.60. The van der Waals surface area contributed by atoms with Gasteiger partial charge >= 0.3 is 0 Å². The lowest BCUT2D eigenvalue weighted by Crippen LogP contribution is -2.05. The maximum atomic E-state index is 11.8. The predicted octanol–water partition coefficient (Wildman–Crippen LogP) is 3.10. The number of aromatic nitrogens is 2. The second-order valence-electron chi connectivity index (χ2n) is 4.52. The zero-order valence-corrected chi connectivity index (χ0v) is 10.9. The van der Waals surface area contributed by atoms with Crippen molar-refractivity contribution in [2.24, 2.45) is 0 Å². The monoisotopic (exact) mass is 261 g/mol. The third-order valence-electron chi connectivity index (χ3n) is 3.21.